The minimum absolute atomic E-state index is 0.118. The number of hydrogen-bond donors (Lipinski definition) is 1. The fourth-order valence-electron chi connectivity index (χ4n) is 8.15. The molecule has 0 bridgehead atoms. The summed E-state index contributed by atoms with van der Waals surface area (Å²) in [5.74, 6) is 0.617. The van der Waals surface area contributed by atoms with Crippen molar-refractivity contribution in [2.75, 3.05) is 39.9 Å². The Hall–Kier alpha value is -3.17. The molecule has 234 valence electrons. The van der Waals surface area contributed by atoms with E-state index in [2.05, 4.69) is 29.5 Å². The minimum atomic E-state index is -4.62. The number of nitrogens with one attached hydrogen (secondary N) is 1. The SMILES string of the molecule is CN1C[N+]2(CCCCC2)NC1[C@@H](c1cccc(-n2cc3c(C(F)(F)F)cc(CN4CC[C@H](C#N)C4)cn3c2=O)c1)C1CCC1. The van der Waals surface area contributed by atoms with E-state index in [9.17, 15) is 23.2 Å². The third-order valence-electron chi connectivity index (χ3n) is 10.6. The molecule has 4 aliphatic rings. The zero-order chi connectivity index (χ0) is 30.6. The Morgan fingerprint density at radius 3 is 2.57 bits per heavy atom. The van der Waals surface area contributed by atoms with Gasteiger partial charge in [0.2, 0.25) is 0 Å². The van der Waals surface area contributed by atoms with Crippen molar-refractivity contribution in [2.45, 2.75) is 69.8 Å². The van der Waals surface area contributed by atoms with Gasteiger partial charge in [0.05, 0.1) is 41.8 Å². The highest BCUT2D eigenvalue weighted by molar-refractivity contribution is 5.58. The molecule has 3 atom stereocenters. The number of hydrogen-bond acceptors (Lipinski definition) is 5. The van der Waals surface area contributed by atoms with E-state index in [1.165, 1.54) is 42.6 Å². The van der Waals surface area contributed by atoms with Crippen LogP contribution in [0.15, 0.2) is 47.5 Å². The molecule has 3 aromatic rings. The molecule has 3 saturated heterocycles. The van der Waals surface area contributed by atoms with Crippen molar-refractivity contribution in [2.24, 2.45) is 11.8 Å². The summed E-state index contributed by atoms with van der Waals surface area (Å²) < 4.78 is 46.5. The summed E-state index contributed by atoms with van der Waals surface area (Å²) in [6, 6.07) is 11.3. The van der Waals surface area contributed by atoms with Crippen LogP contribution in [0.25, 0.3) is 11.2 Å². The fraction of sp³-hybridized carbons (Fsp3) is 0.576. The second kappa shape index (κ2) is 11.3. The lowest BCUT2D eigenvalue weighted by atomic mass is 9.71. The van der Waals surface area contributed by atoms with Crippen molar-refractivity contribution < 1.29 is 17.8 Å². The largest absolute Gasteiger partial charge is 0.418 e. The van der Waals surface area contributed by atoms with Crippen molar-refractivity contribution in [3.05, 3.63) is 69.9 Å². The highest BCUT2D eigenvalue weighted by atomic mass is 19.4. The van der Waals surface area contributed by atoms with Gasteiger partial charge in [-0.1, -0.05) is 18.6 Å². The minimum Gasteiger partial charge on any atom is -0.298 e. The van der Waals surface area contributed by atoms with Crippen molar-refractivity contribution in [1.29, 1.82) is 5.26 Å². The van der Waals surface area contributed by atoms with Crippen LogP contribution in [0.1, 0.15) is 67.6 Å². The van der Waals surface area contributed by atoms with Gasteiger partial charge in [-0.05, 0) is 87.4 Å². The highest BCUT2D eigenvalue weighted by Crippen LogP contribution is 2.44. The summed E-state index contributed by atoms with van der Waals surface area (Å²) in [6.45, 7) is 4.65. The van der Waals surface area contributed by atoms with E-state index >= 15 is 0 Å². The Morgan fingerprint density at radius 1 is 1.09 bits per heavy atom. The van der Waals surface area contributed by atoms with Crippen LogP contribution in [-0.2, 0) is 12.7 Å². The lowest BCUT2D eigenvalue weighted by Gasteiger charge is -2.40. The number of fused-ring (bicyclic) bond motifs is 1. The van der Waals surface area contributed by atoms with Crippen LogP contribution in [0.5, 0.6) is 0 Å². The lowest BCUT2D eigenvalue weighted by Crippen LogP contribution is -2.58. The van der Waals surface area contributed by atoms with Gasteiger partial charge in [0, 0.05) is 31.4 Å². The number of nitrogens with zero attached hydrogens (tertiary/aromatic N) is 6. The fourth-order valence-corrected chi connectivity index (χ4v) is 8.15. The Balaban J connectivity index is 1.25. The number of quaternary nitrogens is 1. The Labute approximate surface area is 255 Å². The maximum atomic E-state index is 14.3. The molecule has 7 rings (SSSR count). The van der Waals surface area contributed by atoms with Gasteiger partial charge in [-0.25, -0.2) is 14.3 Å². The van der Waals surface area contributed by atoms with Crippen LogP contribution in [0.4, 0.5) is 13.2 Å². The van der Waals surface area contributed by atoms with Crippen LogP contribution in [0, 0.1) is 23.2 Å². The van der Waals surface area contributed by atoms with Crippen LogP contribution in [0.2, 0.25) is 0 Å². The zero-order valence-electron chi connectivity index (χ0n) is 25.3. The smallest absolute Gasteiger partial charge is 0.298 e. The summed E-state index contributed by atoms with van der Waals surface area (Å²) in [5, 5.41) is 9.24. The molecule has 11 heteroatoms. The molecule has 8 nitrogen and oxygen atoms in total. The molecule has 3 aliphatic heterocycles. The quantitative estimate of drug-likeness (QED) is 0.396. The molecular weight excluding hydrogens is 567 g/mol. The molecule has 0 radical (unpaired) electrons. The number of alkyl halides is 3. The third kappa shape index (κ3) is 5.36. The van der Waals surface area contributed by atoms with E-state index in [-0.39, 0.29) is 30.1 Å². The summed E-state index contributed by atoms with van der Waals surface area (Å²) in [6.07, 6.45) is 6.34. The van der Waals surface area contributed by atoms with Crippen molar-refractivity contribution in [3.8, 4) is 11.8 Å². The second-order valence-corrected chi connectivity index (χ2v) is 13.6. The van der Waals surface area contributed by atoms with E-state index in [4.69, 9.17) is 0 Å². The van der Waals surface area contributed by atoms with Gasteiger partial charge in [-0.3, -0.25) is 13.9 Å². The van der Waals surface area contributed by atoms with Crippen molar-refractivity contribution in [1.82, 2.24) is 24.2 Å². The molecular formula is C33H41F3N7O+. The number of aromatic nitrogens is 2. The van der Waals surface area contributed by atoms with Gasteiger partial charge in [0.1, 0.15) is 6.17 Å². The Bertz CT molecular complexity index is 1630. The third-order valence-corrected chi connectivity index (χ3v) is 10.6. The molecule has 1 aromatic carbocycles. The molecule has 2 aromatic heterocycles. The highest BCUT2D eigenvalue weighted by Gasteiger charge is 2.48. The molecule has 1 unspecified atom stereocenters. The summed E-state index contributed by atoms with van der Waals surface area (Å²) in [7, 11) is 2.19. The normalized spacial score (nSPS) is 25.4. The Morgan fingerprint density at radius 2 is 1.89 bits per heavy atom. The molecule has 1 spiro atoms. The molecule has 1 N–H and O–H groups in total. The number of likely N-dealkylation sites (N-methyl/N-ethyl adjacent to an activating group) is 1. The number of piperidine rings is 1. The number of imidazole rings is 1. The maximum Gasteiger partial charge on any atom is 0.418 e. The van der Waals surface area contributed by atoms with Crippen LogP contribution in [0.3, 0.4) is 0 Å². The van der Waals surface area contributed by atoms with E-state index in [1.807, 2.05) is 23.1 Å². The summed E-state index contributed by atoms with van der Waals surface area (Å²) in [5.41, 5.74) is 4.62. The zero-order valence-corrected chi connectivity index (χ0v) is 25.3. The lowest BCUT2D eigenvalue weighted by molar-refractivity contribution is -0.966. The molecule has 1 aliphatic carbocycles. The molecule has 0 amide bonds. The van der Waals surface area contributed by atoms with Crippen molar-refractivity contribution >= 4 is 5.52 Å². The number of rotatable bonds is 6. The Kier molecular flexibility index (Phi) is 7.60. The second-order valence-electron chi connectivity index (χ2n) is 13.6. The number of halogens is 3. The van der Waals surface area contributed by atoms with Gasteiger partial charge in [0.25, 0.3) is 0 Å². The number of pyridine rings is 1. The van der Waals surface area contributed by atoms with Crippen molar-refractivity contribution in [3.63, 3.8) is 0 Å². The summed E-state index contributed by atoms with van der Waals surface area (Å²) in [4.78, 5) is 18.2. The van der Waals surface area contributed by atoms with Crippen LogP contribution < -0.4 is 11.1 Å². The first-order valence-electron chi connectivity index (χ1n) is 16.0. The predicted molar refractivity (Wildman–Crippen MR) is 160 cm³/mol. The first-order chi connectivity index (χ1) is 21.1. The monoisotopic (exact) mass is 608 g/mol. The standard InChI is InChI=1S/C33H41F3N7O/c1-39-22-43(13-3-2-4-14-43)38-31(39)30(25-7-5-8-25)26-9-6-10-27(16-26)41-21-29-28(33(34,35)36)15-24(20-42(29)32(41)44)19-40-12-11-23(17-37)18-40/h6,9-10,15-16,20-21,23,25,30-31,38H,2-5,7-8,11-14,18-19,22H2,1H3/q+1/t23-,30-,31?/m1/s1. The molecule has 1 saturated carbocycles. The van der Waals surface area contributed by atoms with Crippen LogP contribution >= 0.6 is 0 Å². The van der Waals surface area contributed by atoms with Crippen LogP contribution in [-0.4, -0.2) is 69.4 Å². The number of nitriles is 1. The molecule has 44 heavy (non-hydrogen) atoms. The topological polar surface area (TPSA) is 68.7 Å². The van der Waals surface area contributed by atoms with Gasteiger partial charge in [-0.2, -0.15) is 18.4 Å². The van der Waals surface area contributed by atoms with Gasteiger partial charge in [-0.15, -0.1) is 5.43 Å². The number of benzene rings is 1. The van der Waals surface area contributed by atoms with Gasteiger partial charge < -0.3 is 0 Å². The molecule has 4 fully saturated rings. The summed E-state index contributed by atoms with van der Waals surface area (Å²) >= 11 is 0. The van der Waals surface area contributed by atoms with Gasteiger partial charge in [0.15, 0.2) is 6.67 Å². The average Bonchev–Trinajstić information content (AvgIpc) is 3.66. The van der Waals surface area contributed by atoms with E-state index in [0.717, 1.165) is 53.2 Å². The first kappa shape index (κ1) is 29.5. The average molecular weight is 609 g/mol. The van der Waals surface area contributed by atoms with Gasteiger partial charge >= 0.3 is 11.9 Å². The first-order valence-corrected chi connectivity index (χ1v) is 16.0. The maximum absolute atomic E-state index is 14.3. The molecule has 5 heterocycles. The van der Waals surface area contributed by atoms with E-state index < -0.39 is 17.4 Å². The predicted octanol–water partition coefficient (Wildman–Crippen LogP) is 5.07. The van der Waals surface area contributed by atoms with E-state index in [0.29, 0.717) is 36.7 Å². The number of likely N-dealkylation sites (tertiary alicyclic amines) is 1. The van der Waals surface area contributed by atoms with E-state index in [1.54, 1.807) is 0 Å².